The molecular formula is C11H11ClN2O. The molecule has 0 radical (unpaired) electrons. The second-order valence-electron chi connectivity index (χ2n) is 3.74. The molecule has 2 rings (SSSR count). The van der Waals surface area contributed by atoms with Crippen LogP contribution in [0.4, 0.5) is 0 Å². The van der Waals surface area contributed by atoms with Gasteiger partial charge in [-0.3, -0.25) is 4.79 Å². The number of nitrogens with one attached hydrogen (secondary N) is 1. The molecule has 1 N–H and O–H groups in total. The van der Waals surface area contributed by atoms with E-state index in [1.807, 2.05) is 13.8 Å². The third kappa shape index (κ3) is 1.75. The molecule has 4 heteroatoms. The molecule has 78 valence electrons. The molecule has 0 bridgehead atoms. The first-order chi connectivity index (χ1) is 7.09. The Morgan fingerprint density at radius 3 is 2.80 bits per heavy atom. The summed E-state index contributed by atoms with van der Waals surface area (Å²) in [6, 6.07) is 5.20. The zero-order valence-electron chi connectivity index (χ0n) is 8.54. The molecule has 0 aliphatic heterocycles. The number of nitrogens with zero attached hydrogens (tertiary/aromatic N) is 1. The second kappa shape index (κ2) is 3.66. The number of hydrogen-bond donors (Lipinski definition) is 1. The van der Waals surface area contributed by atoms with Crippen LogP contribution in [0.1, 0.15) is 25.6 Å². The lowest BCUT2D eigenvalue weighted by Gasteiger charge is -2.06. The van der Waals surface area contributed by atoms with Crippen LogP contribution in [-0.4, -0.2) is 9.97 Å². The van der Waals surface area contributed by atoms with E-state index in [0.717, 1.165) is 0 Å². The van der Waals surface area contributed by atoms with E-state index in [4.69, 9.17) is 11.6 Å². The summed E-state index contributed by atoms with van der Waals surface area (Å²) in [6.07, 6.45) is 0. The maximum atomic E-state index is 11.7. The number of aromatic nitrogens is 2. The van der Waals surface area contributed by atoms with Crippen molar-refractivity contribution in [2.24, 2.45) is 0 Å². The Kier molecular flexibility index (Phi) is 2.49. The first kappa shape index (κ1) is 10.2. The highest BCUT2D eigenvalue weighted by atomic mass is 35.5. The van der Waals surface area contributed by atoms with Crippen molar-refractivity contribution in [1.82, 2.24) is 9.97 Å². The molecule has 1 heterocycles. The van der Waals surface area contributed by atoms with Crippen molar-refractivity contribution in [3.05, 3.63) is 39.4 Å². The van der Waals surface area contributed by atoms with E-state index in [-0.39, 0.29) is 11.5 Å². The smallest absolute Gasteiger partial charge is 0.258 e. The molecule has 0 aliphatic carbocycles. The Morgan fingerprint density at radius 2 is 2.13 bits per heavy atom. The molecule has 0 saturated heterocycles. The average Bonchev–Trinajstić information content (AvgIpc) is 2.19. The van der Waals surface area contributed by atoms with Gasteiger partial charge in [0.05, 0.1) is 15.9 Å². The lowest BCUT2D eigenvalue weighted by atomic mass is 10.2. The van der Waals surface area contributed by atoms with Gasteiger partial charge in [-0.1, -0.05) is 31.5 Å². The van der Waals surface area contributed by atoms with Crippen LogP contribution in [0.2, 0.25) is 5.02 Å². The highest BCUT2D eigenvalue weighted by molar-refractivity contribution is 6.34. The van der Waals surface area contributed by atoms with E-state index < -0.39 is 0 Å². The molecule has 0 spiro atoms. The molecule has 0 unspecified atom stereocenters. The fourth-order valence-electron chi connectivity index (χ4n) is 1.42. The number of H-pyrrole nitrogens is 1. The van der Waals surface area contributed by atoms with Crippen molar-refractivity contribution in [1.29, 1.82) is 0 Å². The van der Waals surface area contributed by atoms with Gasteiger partial charge in [-0.25, -0.2) is 4.98 Å². The molecule has 0 saturated carbocycles. The van der Waals surface area contributed by atoms with Gasteiger partial charge in [-0.2, -0.15) is 0 Å². The van der Waals surface area contributed by atoms with E-state index >= 15 is 0 Å². The van der Waals surface area contributed by atoms with Crippen LogP contribution in [0.3, 0.4) is 0 Å². The average molecular weight is 223 g/mol. The Bertz CT molecular complexity index is 560. The van der Waals surface area contributed by atoms with E-state index in [1.54, 1.807) is 18.2 Å². The van der Waals surface area contributed by atoms with Crippen molar-refractivity contribution in [3.63, 3.8) is 0 Å². The molecule has 3 nitrogen and oxygen atoms in total. The minimum Gasteiger partial charge on any atom is -0.310 e. The van der Waals surface area contributed by atoms with Crippen molar-refractivity contribution in [3.8, 4) is 0 Å². The van der Waals surface area contributed by atoms with Crippen LogP contribution >= 0.6 is 11.6 Å². The predicted octanol–water partition coefficient (Wildman–Crippen LogP) is 2.70. The fraction of sp³-hybridized carbons (Fsp3) is 0.273. The molecule has 0 amide bonds. The summed E-state index contributed by atoms with van der Waals surface area (Å²) in [5.41, 5.74) is 0.442. The number of fused-ring (bicyclic) bond motifs is 1. The maximum Gasteiger partial charge on any atom is 0.258 e. The Balaban J connectivity index is 2.86. The maximum absolute atomic E-state index is 11.7. The zero-order chi connectivity index (χ0) is 11.0. The van der Waals surface area contributed by atoms with E-state index in [9.17, 15) is 4.79 Å². The molecule has 1 aromatic carbocycles. The van der Waals surface area contributed by atoms with Gasteiger partial charge in [0.15, 0.2) is 0 Å². The van der Waals surface area contributed by atoms with Gasteiger partial charge in [-0.15, -0.1) is 0 Å². The van der Waals surface area contributed by atoms with Gasteiger partial charge in [0, 0.05) is 5.92 Å². The first-order valence-electron chi connectivity index (χ1n) is 4.78. The third-order valence-corrected chi connectivity index (χ3v) is 2.56. The standard InChI is InChI=1S/C11H11ClN2O/c1-6(2)10-13-9-7(11(15)14-10)4-3-5-8(9)12/h3-6H,1-2H3,(H,13,14,15). The molecule has 2 aromatic rings. The minimum atomic E-state index is -0.133. The lowest BCUT2D eigenvalue weighted by molar-refractivity contribution is 0.776. The monoisotopic (exact) mass is 222 g/mol. The van der Waals surface area contributed by atoms with E-state index in [1.165, 1.54) is 0 Å². The quantitative estimate of drug-likeness (QED) is 0.807. The molecule has 0 fully saturated rings. The second-order valence-corrected chi connectivity index (χ2v) is 4.15. The predicted molar refractivity (Wildman–Crippen MR) is 61.5 cm³/mol. The van der Waals surface area contributed by atoms with Crippen molar-refractivity contribution in [2.45, 2.75) is 19.8 Å². The summed E-state index contributed by atoms with van der Waals surface area (Å²) < 4.78 is 0. The van der Waals surface area contributed by atoms with Crippen LogP contribution in [-0.2, 0) is 0 Å². The van der Waals surface area contributed by atoms with Crippen molar-refractivity contribution >= 4 is 22.5 Å². The van der Waals surface area contributed by atoms with Gasteiger partial charge in [0.25, 0.3) is 5.56 Å². The molecule has 0 aliphatic rings. The summed E-state index contributed by atoms with van der Waals surface area (Å²) >= 11 is 5.99. The SMILES string of the molecule is CC(C)c1nc2c(Cl)cccc2c(=O)[nH]1. The third-order valence-electron chi connectivity index (χ3n) is 2.25. The van der Waals surface area contributed by atoms with Gasteiger partial charge < -0.3 is 4.98 Å². The van der Waals surface area contributed by atoms with Crippen LogP contribution in [0.25, 0.3) is 10.9 Å². The summed E-state index contributed by atoms with van der Waals surface area (Å²) in [4.78, 5) is 18.8. The van der Waals surface area contributed by atoms with E-state index in [2.05, 4.69) is 9.97 Å². The minimum absolute atomic E-state index is 0.133. The van der Waals surface area contributed by atoms with Gasteiger partial charge in [0.1, 0.15) is 5.82 Å². The zero-order valence-corrected chi connectivity index (χ0v) is 9.30. The number of halogens is 1. The number of hydrogen-bond acceptors (Lipinski definition) is 2. The molecule has 0 atom stereocenters. The topological polar surface area (TPSA) is 45.8 Å². The highest BCUT2D eigenvalue weighted by Gasteiger charge is 2.08. The van der Waals surface area contributed by atoms with Gasteiger partial charge >= 0.3 is 0 Å². The highest BCUT2D eigenvalue weighted by Crippen LogP contribution is 2.19. The fourth-order valence-corrected chi connectivity index (χ4v) is 1.63. The molecular weight excluding hydrogens is 212 g/mol. The van der Waals surface area contributed by atoms with Gasteiger partial charge in [-0.05, 0) is 12.1 Å². The summed E-state index contributed by atoms with van der Waals surface area (Å²) in [7, 11) is 0. The van der Waals surface area contributed by atoms with Crippen LogP contribution in [0, 0.1) is 0 Å². The molecule has 1 aromatic heterocycles. The van der Waals surface area contributed by atoms with E-state index in [0.29, 0.717) is 21.7 Å². The number of benzene rings is 1. The van der Waals surface area contributed by atoms with Crippen LogP contribution in [0.5, 0.6) is 0 Å². The van der Waals surface area contributed by atoms with Gasteiger partial charge in [0.2, 0.25) is 0 Å². The Morgan fingerprint density at radius 1 is 1.40 bits per heavy atom. The van der Waals surface area contributed by atoms with Crippen molar-refractivity contribution < 1.29 is 0 Å². The summed E-state index contributed by atoms with van der Waals surface area (Å²) in [5, 5.41) is 1.05. The van der Waals surface area contributed by atoms with Crippen LogP contribution < -0.4 is 5.56 Å². The van der Waals surface area contributed by atoms with Crippen LogP contribution in [0.15, 0.2) is 23.0 Å². The number of para-hydroxylation sites is 1. The Labute approximate surface area is 92.1 Å². The number of aromatic amines is 1. The normalized spacial score (nSPS) is 11.2. The summed E-state index contributed by atoms with van der Waals surface area (Å²) in [6.45, 7) is 3.95. The largest absolute Gasteiger partial charge is 0.310 e. The first-order valence-corrected chi connectivity index (χ1v) is 5.16. The van der Waals surface area contributed by atoms with Crippen molar-refractivity contribution in [2.75, 3.05) is 0 Å². The molecule has 15 heavy (non-hydrogen) atoms. The summed E-state index contributed by atoms with van der Waals surface area (Å²) in [5.74, 6) is 0.846. The lowest BCUT2D eigenvalue weighted by Crippen LogP contribution is -2.12. The Hall–Kier alpha value is -1.35. The number of rotatable bonds is 1.